The number of fused-ring (bicyclic) bond motifs is 1. The predicted octanol–water partition coefficient (Wildman–Crippen LogP) is 2.21. The summed E-state index contributed by atoms with van der Waals surface area (Å²) in [7, 11) is 1.64. The van der Waals surface area contributed by atoms with E-state index < -0.39 is 0 Å². The molecular formula is C11H13NO2. The van der Waals surface area contributed by atoms with Crippen molar-refractivity contribution in [2.45, 2.75) is 13.5 Å². The molecule has 0 unspecified atom stereocenters. The van der Waals surface area contributed by atoms with Gasteiger partial charge in [-0.2, -0.15) is 0 Å². The Morgan fingerprint density at radius 1 is 1.43 bits per heavy atom. The van der Waals surface area contributed by atoms with Crippen LogP contribution in [0.25, 0.3) is 11.0 Å². The van der Waals surface area contributed by atoms with E-state index in [1.54, 1.807) is 13.4 Å². The van der Waals surface area contributed by atoms with Crippen molar-refractivity contribution in [2.24, 2.45) is 5.73 Å². The number of hydrogen-bond acceptors (Lipinski definition) is 3. The summed E-state index contributed by atoms with van der Waals surface area (Å²) in [5.41, 5.74) is 8.55. The van der Waals surface area contributed by atoms with Gasteiger partial charge >= 0.3 is 0 Å². The maximum atomic E-state index is 5.66. The smallest absolute Gasteiger partial charge is 0.142 e. The van der Waals surface area contributed by atoms with Crippen LogP contribution in [0, 0.1) is 6.92 Å². The minimum atomic E-state index is 0.424. The highest BCUT2D eigenvalue weighted by molar-refractivity contribution is 5.85. The van der Waals surface area contributed by atoms with E-state index in [9.17, 15) is 0 Å². The van der Waals surface area contributed by atoms with Crippen LogP contribution in [-0.2, 0) is 6.54 Å². The Kier molecular flexibility index (Phi) is 2.17. The number of ether oxygens (including phenoxy) is 1. The summed E-state index contributed by atoms with van der Waals surface area (Å²) >= 11 is 0. The highest BCUT2D eigenvalue weighted by atomic mass is 16.5. The van der Waals surface area contributed by atoms with Crippen molar-refractivity contribution in [1.82, 2.24) is 0 Å². The van der Waals surface area contributed by atoms with Crippen molar-refractivity contribution in [3.8, 4) is 5.75 Å². The predicted molar refractivity (Wildman–Crippen MR) is 55.4 cm³/mol. The van der Waals surface area contributed by atoms with Crippen LogP contribution in [0.5, 0.6) is 5.75 Å². The lowest BCUT2D eigenvalue weighted by molar-refractivity contribution is 0.409. The Balaban J connectivity index is 2.77. The highest BCUT2D eigenvalue weighted by Crippen LogP contribution is 2.30. The first-order chi connectivity index (χ1) is 6.77. The summed E-state index contributed by atoms with van der Waals surface area (Å²) in [4.78, 5) is 0. The lowest BCUT2D eigenvalue weighted by Crippen LogP contribution is -2.00. The Bertz CT molecular complexity index is 460. The van der Waals surface area contributed by atoms with Crippen molar-refractivity contribution in [3.05, 3.63) is 29.5 Å². The fraction of sp³-hybridized carbons (Fsp3) is 0.273. The molecule has 2 N–H and O–H groups in total. The number of aryl methyl sites for hydroxylation is 1. The van der Waals surface area contributed by atoms with E-state index in [0.29, 0.717) is 6.54 Å². The van der Waals surface area contributed by atoms with E-state index in [2.05, 4.69) is 0 Å². The standard InChI is InChI=1S/C11H13NO2/c1-7-6-14-11-8(7)3-4-10(13-2)9(11)5-12/h3-4,6H,5,12H2,1-2H3. The molecule has 0 bridgehead atoms. The number of hydrogen-bond donors (Lipinski definition) is 1. The van der Waals surface area contributed by atoms with Crippen LogP contribution >= 0.6 is 0 Å². The topological polar surface area (TPSA) is 48.4 Å². The summed E-state index contributed by atoms with van der Waals surface area (Å²) < 4.78 is 10.7. The molecular weight excluding hydrogens is 178 g/mol. The second kappa shape index (κ2) is 3.35. The first kappa shape index (κ1) is 9.09. The third-order valence-corrected chi connectivity index (χ3v) is 2.42. The van der Waals surface area contributed by atoms with Gasteiger partial charge in [0.15, 0.2) is 0 Å². The van der Waals surface area contributed by atoms with E-state index in [-0.39, 0.29) is 0 Å². The Morgan fingerprint density at radius 2 is 2.21 bits per heavy atom. The third kappa shape index (κ3) is 1.17. The Morgan fingerprint density at radius 3 is 2.86 bits per heavy atom. The van der Waals surface area contributed by atoms with E-state index >= 15 is 0 Å². The normalized spacial score (nSPS) is 10.8. The van der Waals surface area contributed by atoms with Crippen molar-refractivity contribution < 1.29 is 9.15 Å². The molecule has 2 aromatic rings. The highest BCUT2D eigenvalue weighted by Gasteiger charge is 2.11. The molecule has 3 nitrogen and oxygen atoms in total. The molecule has 1 aromatic heterocycles. The summed E-state index contributed by atoms with van der Waals surface area (Å²) in [5, 5.41) is 1.10. The summed E-state index contributed by atoms with van der Waals surface area (Å²) in [5.74, 6) is 0.786. The second-order valence-corrected chi connectivity index (χ2v) is 3.25. The van der Waals surface area contributed by atoms with Gasteiger partial charge < -0.3 is 14.9 Å². The molecule has 0 aliphatic heterocycles. The van der Waals surface area contributed by atoms with Crippen LogP contribution < -0.4 is 10.5 Å². The van der Waals surface area contributed by atoms with E-state index in [1.807, 2.05) is 19.1 Å². The molecule has 2 rings (SSSR count). The Hall–Kier alpha value is -1.48. The van der Waals surface area contributed by atoms with Crippen LogP contribution in [0.1, 0.15) is 11.1 Å². The Labute approximate surface area is 82.5 Å². The average molecular weight is 191 g/mol. The molecule has 1 heterocycles. The first-order valence-electron chi connectivity index (χ1n) is 4.51. The van der Waals surface area contributed by atoms with Crippen molar-refractivity contribution in [2.75, 3.05) is 7.11 Å². The minimum Gasteiger partial charge on any atom is -0.496 e. The number of benzene rings is 1. The van der Waals surface area contributed by atoms with Crippen LogP contribution in [0.4, 0.5) is 0 Å². The van der Waals surface area contributed by atoms with Crippen molar-refractivity contribution in [1.29, 1.82) is 0 Å². The van der Waals surface area contributed by atoms with E-state index in [4.69, 9.17) is 14.9 Å². The number of nitrogens with two attached hydrogens (primary N) is 1. The lowest BCUT2D eigenvalue weighted by Gasteiger charge is -2.06. The lowest BCUT2D eigenvalue weighted by atomic mass is 10.1. The molecule has 0 atom stereocenters. The van der Waals surface area contributed by atoms with Crippen molar-refractivity contribution in [3.63, 3.8) is 0 Å². The zero-order valence-electron chi connectivity index (χ0n) is 8.33. The van der Waals surface area contributed by atoms with Gasteiger partial charge in [-0.05, 0) is 24.6 Å². The molecule has 0 amide bonds. The molecule has 1 aromatic carbocycles. The number of furan rings is 1. The monoisotopic (exact) mass is 191 g/mol. The van der Waals surface area contributed by atoms with Gasteiger partial charge in [-0.15, -0.1) is 0 Å². The van der Waals surface area contributed by atoms with E-state index in [0.717, 1.165) is 27.8 Å². The van der Waals surface area contributed by atoms with Crippen LogP contribution in [0.3, 0.4) is 0 Å². The summed E-state index contributed by atoms with van der Waals surface area (Å²) in [6.07, 6.45) is 1.74. The van der Waals surface area contributed by atoms with Crippen molar-refractivity contribution >= 4 is 11.0 Å². The molecule has 0 saturated carbocycles. The van der Waals surface area contributed by atoms with Crippen LogP contribution in [0.2, 0.25) is 0 Å². The van der Waals surface area contributed by atoms with Gasteiger partial charge in [0, 0.05) is 11.9 Å². The number of methoxy groups -OCH3 is 1. The van der Waals surface area contributed by atoms with E-state index in [1.165, 1.54) is 0 Å². The van der Waals surface area contributed by atoms with Gasteiger partial charge in [0.05, 0.1) is 18.9 Å². The molecule has 0 saturated heterocycles. The first-order valence-corrected chi connectivity index (χ1v) is 4.51. The molecule has 14 heavy (non-hydrogen) atoms. The van der Waals surface area contributed by atoms with Gasteiger partial charge in [-0.25, -0.2) is 0 Å². The van der Waals surface area contributed by atoms with Crippen LogP contribution in [0.15, 0.2) is 22.8 Å². The SMILES string of the molecule is COc1ccc2c(C)coc2c1CN. The minimum absolute atomic E-state index is 0.424. The second-order valence-electron chi connectivity index (χ2n) is 3.25. The number of rotatable bonds is 2. The third-order valence-electron chi connectivity index (χ3n) is 2.42. The zero-order valence-corrected chi connectivity index (χ0v) is 8.33. The maximum absolute atomic E-state index is 5.66. The summed E-state index contributed by atoms with van der Waals surface area (Å²) in [6.45, 7) is 2.44. The maximum Gasteiger partial charge on any atom is 0.142 e. The molecule has 0 aliphatic rings. The van der Waals surface area contributed by atoms with Crippen LogP contribution in [-0.4, -0.2) is 7.11 Å². The molecule has 0 fully saturated rings. The zero-order chi connectivity index (χ0) is 10.1. The van der Waals surface area contributed by atoms with Gasteiger partial charge in [0.25, 0.3) is 0 Å². The molecule has 0 radical (unpaired) electrons. The quantitative estimate of drug-likeness (QED) is 0.791. The molecule has 74 valence electrons. The average Bonchev–Trinajstić information content (AvgIpc) is 2.59. The van der Waals surface area contributed by atoms with Gasteiger partial charge in [0.2, 0.25) is 0 Å². The molecule has 0 spiro atoms. The largest absolute Gasteiger partial charge is 0.496 e. The fourth-order valence-corrected chi connectivity index (χ4v) is 1.65. The molecule has 3 heteroatoms. The molecule has 0 aliphatic carbocycles. The summed E-state index contributed by atoms with van der Waals surface area (Å²) in [6, 6.07) is 3.92. The van der Waals surface area contributed by atoms with Gasteiger partial charge in [-0.3, -0.25) is 0 Å². The fourth-order valence-electron chi connectivity index (χ4n) is 1.65. The van der Waals surface area contributed by atoms with Gasteiger partial charge in [0.1, 0.15) is 11.3 Å². The van der Waals surface area contributed by atoms with Gasteiger partial charge in [-0.1, -0.05) is 0 Å².